The van der Waals surface area contributed by atoms with E-state index in [1.165, 1.54) is 38.8 Å². The van der Waals surface area contributed by atoms with Crippen LogP contribution < -0.4 is 5.32 Å². The number of nitrogens with one attached hydrogen (secondary N) is 1. The van der Waals surface area contributed by atoms with E-state index in [4.69, 9.17) is 0 Å². The Hall–Kier alpha value is -0.860. The van der Waals surface area contributed by atoms with Gasteiger partial charge in [0, 0.05) is 31.2 Å². The zero-order valence-electron chi connectivity index (χ0n) is 12.9. The first kappa shape index (κ1) is 14.1. The van der Waals surface area contributed by atoms with Crippen LogP contribution in [-0.2, 0) is 0 Å². The number of rotatable bonds is 2. The summed E-state index contributed by atoms with van der Waals surface area (Å²) in [6.45, 7) is 7.09. The zero-order valence-corrected chi connectivity index (χ0v) is 12.9. The minimum atomic E-state index is 0.644. The number of nitrogens with zero attached hydrogens (tertiary/aromatic N) is 1. The first-order valence-electron chi connectivity index (χ1n) is 8.27. The lowest BCUT2D eigenvalue weighted by atomic mass is 9.81. The summed E-state index contributed by atoms with van der Waals surface area (Å²) in [4.78, 5) is 2.74. The van der Waals surface area contributed by atoms with Crippen LogP contribution in [0.15, 0.2) is 30.3 Å². The minimum Gasteiger partial charge on any atom is -0.309 e. The summed E-state index contributed by atoms with van der Waals surface area (Å²) < 4.78 is 0. The van der Waals surface area contributed by atoms with Crippen LogP contribution in [0.5, 0.6) is 0 Å². The highest BCUT2D eigenvalue weighted by molar-refractivity contribution is 5.20. The fraction of sp³-hybridized carbons (Fsp3) is 0.667. The normalized spacial score (nSPS) is 35.9. The Morgan fingerprint density at radius 3 is 2.10 bits per heavy atom. The standard InChI is InChI=1S/C18H28N2/c1-14-12-20(13-15(2)19-14)18-10-8-17(9-11-18)16-6-4-3-5-7-16/h3-7,14-15,17-19H,8-13H2,1-2H3. The third-order valence-corrected chi connectivity index (χ3v) is 5.07. The second kappa shape index (κ2) is 6.28. The molecule has 0 amide bonds. The Labute approximate surface area is 123 Å². The van der Waals surface area contributed by atoms with Crippen molar-refractivity contribution in [2.45, 2.75) is 63.6 Å². The van der Waals surface area contributed by atoms with Crippen LogP contribution in [0.2, 0.25) is 0 Å². The van der Waals surface area contributed by atoms with E-state index in [1.807, 2.05) is 0 Å². The summed E-state index contributed by atoms with van der Waals surface area (Å²) in [6, 6.07) is 13.2. The van der Waals surface area contributed by atoms with E-state index in [0.29, 0.717) is 12.1 Å². The summed E-state index contributed by atoms with van der Waals surface area (Å²) in [5.74, 6) is 0.796. The van der Waals surface area contributed by atoms with Crippen molar-refractivity contribution in [1.82, 2.24) is 10.2 Å². The van der Waals surface area contributed by atoms with E-state index in [2.05, 4.69) is 54.4 Å². The number of benzene rings is 1. The Bertz CT molecular complexity index is 399. The Balaban J connectivity index is 1.56. The molecule has 0 radical (unpaired) electrons. The summed E-state index contributed by atoms with van der Waals surface area (Å²) >= 11 is 0. The summed E-state index contributed by atoms with van der Waals surface area (Å²) in [5, 5.41) is 3.64. The first-order chi connectivity index (χ1) is 9.72. The van der Waals surface area contributed by atoms with Crippen molar-refractivity contribution in [1.29, 1.82) is 0 Å². The van der Waals surface area contributed by atoms with Crippen molar-refractivity contribution >= 4 is 0 Å². The number of piperazine rings is 1. The van der Waals surface area contributed by atoms with Gasteiger partial charge in [-0.1, -0.05) is 30.3 Å². The van der Waals surface area contributed by atoms with Crippen LogP contribution in [-0.4, -0.2) is 36.1 Å². The molecule has 3 rings (SSSR count). The molecule has 2 atom stereocenters. The molecule has 0 spiro atoms. The molecule has 1 aliphatic heterocycles. The first-order valence-corrected chi connectivity index (χ1v) is 8.27. The van der Waals surface area contributed by atoms with Gasteiger partial charge in [-0.15, -0.1) is 0 Å². The molecule has 1 aromatic carbocycles. The van der Waals surface area contributed by atoms with Crippen molar-refractivity contribution in [3.8, 4) is 0 Å². The monoisotopic (exact) mass is 272 g/mol. The van der Waals surface area contributed by atoms with Crippen LogP contribution in [0.1, 0.15) is 51.0 Å². The molecule has 0 aromatic heterocycles. The highest BCUT2D eigenvalue weighted by Gasteiger charge is 2.30. The molecule has 1 saturated heterocycles. The van der Waals surface area contributed by atoms with Crippen LogP contribution in [0.3, 0.4) is 0 Å². The highest BCUT2D eigenvalue weighted by atomic mass is 15.2. The number of hydrogen-bond donors (Lipinski definition) is 1. The maximum atomic E-state index is 3.64. The van der Waals surface area contributed by atoms with Crippen LogP contribution in [0.25, 0.3) is 0 Å². The molecule has 2 unspecified atom stereocenters. The van der Waals surface area contributed by atoms with Gasteiger partial charge >= 0.3 is 0 Å². The molecule has 2 fully saturated rings. The van der Waals surface area contributed by atoms with Gasteiger partial charge in [-0.3, -0.25) is 4.90 Å². The fourth-order valence-corrected chi connectivity index (χ4v) is 4.17. The molecule has 0 bridgehead atoms. The molecule has 2 aliphatic rings. The van der Waals surface area contributed by atoms with Gasteiger partial charge in [-0.2, -0.15) is 0 Å². The third-order valence-electron chi connectivity index (χ3n) is 5.07. The Morgan fingerprint density at radius 1 is 0.900 bits per heavy atom. The molecule has 2 heteroatoms. The van der Waals surface area contributed by atoms with Crippen LogP contribution in [0, 0.1) is 0 Å². The SMILES string of the molecule is CC1CN(C2CCC(c3ccccc3)CC2)CC(C)N1. The van der Waals surface area contributed by atoms with E-state index in [1.54, 1.807) is 5.56 Å². The van der Waals surface area contributed by atoms with Crippen molar-refractivity contribution in [3.05, 3.63) is 35.9 Å². The van der Waals surface area contributed by atoms with E-state index >= 15 is 0 Å². The molecular weight excluding hydrogens is 244 g/mol. The van der Waals surface area contributed by atoms with E-state index in [0.717, 1.165) is 12.0 Å². The van der Waals surface area contributed by atoms with Crippen molar-refractivity contribution in [2.75, 3.05) is 13.1 Å². The van der Waals surface area contributed by atoms with Crippen LogP contribution in [0.4, 0.5) is 0 Å². The molecule has 1 N–H and O–H groups in total. The van der Waals surface area contributed by atoms with E-state index in [-0.39, 0.29) is 0 Å². The summed E-state index contributed by atoms with van der Waals surface area (Å²) in [6.07, 6.45) is 5.47. The van der Waals surface area contributed by atoms with Crippen molar-refractivity contribution in [3.63, 3.8) is 0 Å². The lowest BCUT2D eigenvalue weighted by Gasteiger charge is -2.43. The Morgan fingerprint density at radius 2 is 1.50 bits per heavy atom. The van der Waals surface area contributed by atoms with Crippen LogP contribution >= 0.6 is 0 Å². The fourth-order valence-electron chi connectivity index (χ4n) is 4.17. The molecule has 1 aromatic rings. The average Bonchev–Trinajstić information content (AvgIpc) is 2.47. The second-order valence-electron chi connectivity index (χ2n) is 6.84. The van der Waals surface area contributed by atoms with Crippen molar-refractivity contribution < 1.29 is 0 Å². The molecule has 1 heterocycles. The summed E-state index contributed by atoms with van der Waals surface area (Å²) in [5.41, 5.74) is 1.55. The summed E-state index contributed by atoms with van der Waals surface area (Å²) in [7, 11) is 0. The largest absolute Gasteiger partial charge is 0.309 e. The van der Waals surface area contributed by atoms with Gasteiger partial charge in [0.15, 0.2) is 0 Å². The molecule has 1 aliphatic carbocycles. The molecule has 1 saturated carbocycles. The lowest BCUT2D eigenvalue weighted by molar-refractivity contribution is 0.0948. The van der Waals surface area contributed by atoms with Gasteiger partial charge in [-0.05, 0) is 51.0 Å². The zero-order chi connectivity index (χ0) is 13.9. The molecule has 20 heavy (non-hydrogen) atoms. The maximum absolute atomic E-state index is 3.64. The minimum absolute atomic E-state index is 0.644. The second-order valence-corrected chi connectivity index (χ2v) is 6.84. The smallest absolute Gasteiger partial charge is 0.0169 e. The van der Waals surface area contributed by atoms with Gasteiger partial charge in [-0.25, -0.2) is 0 Å². The van der Waals surface area contributed by atoms with E-state index < -0.39 is 0 Å². The molecule has 110 valence electrons. The van der Waals surface area contributed by atoms with Gasteiger partial charge < -0.3 is 5.32 Å². The quantitative estimate of drug-likeness (QED) is 0.887. The molecule has 2 nitrogen and oxygen atoms in total. The van der Waals surface area contributed by atoms with Gasteiger partial charge in [0.05, 0.1) is 0 Å². The Kier molecular flexibility index (Phi) is 4.42. The number of hydrogen-bond acceptors (Lipinski definition) is 2. The predicted octanol–water partition coefficient (Wildman–Crippen LogP) is 3.40. The maximum Gasteiger partial charge on any atom is 0.0169 e. The van der Waals surface area contributed by atoms with Gasteiger partial charge in [0.2, 0.25) is 0 Å². The predicted molar refractivity (Wildman–Crippen MR) is 85.1 cm³/mol. The van der Waals surface area contributed by atoms with Gasteiger partial charge in [0.25, 0.3) is 0 Å². The van der Waals surface area contributed by atoms with E-state index in [9.17, 15) is 0 Å². The topological polar surface area (TPSA) is 15.3 Å². The third kappa shape index (κ3) is 3.24. The highest BCUT2D eigenvalue weighted by Crippen LogP contribution is 2.35. The van der Waals surface area contributed by atoms with Crippen molar-refractivity contribution in [2.24, 2.45) is 0 Å². The lowest BCUT2D eigenvalue weighted by Crippen LogP contribution is -2.57. The molecular formula is C18H28N2. The average molecular weight is 272 g/mol. The van der Waals surface area contributed by atoms with Gasteiger partial charge in [0.1, 0.15) is 0 Å².